The van der Waals surface area contributed by atoms with Crippen LogP contribution in [0.4, 0.5) is 36.8 Å². The monoisotopic (exact) mass is 687 g/mol. The van der Waals surface area contributed by atoms with Crippen LogP contribution in [0.5, 0.6) is 0 Å². The Kier molecular flexibility index (Phi) is 9.57. The number of pyridine rings is 1. The summed E-state index contributed by atoms with van der Waals surface area (Å²) in [5.74, 6) is -5.14. The van der Waals surface area contributed by atoms with E-state index in [-0.39, 0.29) is 42.8 Å². The van der Waals surface area contributed by atoms with E-state index >= 15 is 0 Å². The summed E-state index contributed by atoms with van der Waals surface area (Å²) in [6.07, 6.45) is -5.10. The van der Waals surface area contributed by atoms with Crippen LogP contribution in [0.3, 0.4) is 0 Å². The normalized spacial score (nSPS) is 13.7. The molecule has 0 spiro atoms. The number of nitrogens with zero attached hydrogens (tertiary/aromatic N) is 4. The quantitative estimate of drug-likeness (QED) is 0.194. The molecule has 0 saturated carbocycles. The van der Waals surface area contributed by atoms with Gasteiger partial charge in [0.15, 0.2) is 11.5 Å². The maximum absolute atomic E-state index is 14.3. The van der Waals surface area contributed by atoms with Crippen molar-refractivity contribution in [2.24, 2.45) is 5.73 Å². The third kappa shape index (κ3) is 7.92. The Hall–Kier alpha value is -5.21. The first-order chi connectivity index (χ1) is 22.9. The number of primary amides is 1. The minimum absolute atomic E-state index is 0.0131. The number of halogens is 6. The molecule has 0 aliphatic carbocycles. The summed E-state index contributed by atoms with van der Waals surface area (Å²) in [6, 6.07) is 9.58. The van der Waals surface area contributed by atoms with Gasteiger partial charge in [0.1, 0.15) is 28.7 Å². The molecule has 5 rings (SSSR count). The smallest absolute Gasteiger partial charge is 0.437 e. The first-order valence-electron chi connectivity index (χ1n) is 15.1. The van der Waals surface area contributed by atoms with Crippen LogP contribution in [0, 0.1) is 17.5 Å². The molecule has 0 bridgehead atoms. The summed E-state index contributed by atoms with van der Waals surface area (Å²) < 4.78 is 91.4. The summed E-state index contributed by atoms with van der Waals surface area (Å²) in [4.78, 5) is 43.6. The number of nitrogens with two attached hydrogens (primary N) is 1. The molecule has 1 aliphatic heterocycles. The van der Waals surface area contributed by atoms with Crippen LogP contribution in [0.2, 0.25) is 0 Å². The fraction of sp³-hybridized carbons (Fsp3) is 0.324. The Morgan fingerprint density at radius 1 is 1.00 bits per heavy atom. The Bertz CT molecular complexity index is 1910. The van der Waals surface area contributed by atoms with E-state index in [0.717, 1.165) is 27.8 Å². The van der Waals surface area contributed by atoms with Gasteiger partial charge in [0.25, 0.3) is 5.91 Å². The van der Waals surface area contributed by atoms with Gasteiger partial charge < -0.3 is 10.5 Å². The number of rotatable bonds is 9. The maximum atomic E-state index is 14.3. The molecular weight excluding hydrogens is 656 g/mol. The van der Waals surface area contributed by atoms with E-state index in [1.54, 1.807) is 32.9 Å². The third-order valence-electron chi connectivity index (χ3n) is 7.73. The zero-order valence-electron chi connectivity index (χ0n) is 26.6. The molecule has 2 aromatic carbocycles. The number of alkyl halides is 3. The summed E-state index contributed by atoms with van der Waals surface area (Å²) in [7, 11) is 0. The SMILES string of the molecule is CC(C)(C)OC(=O)N1CCc2c1c(C(F)(F)F)nn2CC(=O)C[C@@H](Cc1cc(F)cc(F)c1)c1ncccc1-c1ccc(F)c(C(N)=O)c1. The lowest BCUT2D eigenvalue weighted by atomic mass is 9.86. The lowest BCUT2D eigenvalue weighted by Gasteiger charge is -2.24. The van der Waals surface area contributed by atoms with Gasteiger partial charge in [-0.15, -0.1) is 0 Å². The second kappa shape index (κ2) is 13.4. The van der Waals surface area contributed by atoms with Crippen LogP contribution in [-0.4, -0.2) is 44.7 Å². The summed E-state index contributed by atoms with van der Waals surface area (Å²) >= 11 is 0. The molecule has 2 amide bonds. The van der Waals surface area contributed by atoms with Crippen LogP contribution in [-0.2, 0) is 35.1 Å². The van der Waals surface area contributed by atoms with Crippen molar-refractivity contribution in [2.75, 3.05) is 11.4 Å². The summed E-state index contributed by atoms with van der Waals surface area (Å²) in [5.41, 5.74) is 3.18. The number of Topliss-reactive ketones (excluding diaryl/α,β-unsaturated/α-hetero) is 1. The van der Waals surface area contributed by atoms with E-state index in [4.69, 9.17) is 10.5 Å². The number of ether oxygens (including phenoxy) is 1. The van der Waals surface area contributed by atoms with Crippen LogP contribution in [0.25, 0.3) is 11.1 Å². The number of carbonyl (C=O) groups excluding carboxylic acids is 3. The molecule has 258 valence electrons. The molecule has 0 saturated heterocycles. The van der Waals surface area contributed by atoms with E-state index in [2.05, 4.69) is 10.1 Å². The molecule has 0 unspecified atom stereocenters. The third-order valence-corrected chi connectivity index (χ3v) is 7.73. The molecule has 9 nitrogen and oxygen atoms in total. The van der Waals surface area contributed by atoms with E-state index in [9.17, 15) is 40.7 Å². The van der Waals surface area contributed by atoms with Gasteiger partial charge in [-0.3, -0.25) is 24.2 Å². The minimum Gasteiger partial charge on any atom is -0.443 e. The number of hydrogen-bond donors (Lipinski definition) is 1. The lowest BCUT2D eigenvalue weighted by molar-refractivity contribution is -0.141. The molecule has 0 fully saturated rings. The van der Waals surface area contributed by atoms with Gasteiger partial charge in [-0.2, -0.15) is 18.3 Å². The zero-order chi connectivity index (χ0) is 35.8. The standard InChI is InChI=1S/C34H31F6N5O4/c1-33(2,3)49-32(48)44-10-8-27-29(44)30(34(38,39)40)43-45(27)17-23(46)14-20(11-18-12-21(35)16-22(36)13-18)28-24(5-4-9-42-28)19-6-7-26(37)25(15-19)31(41)47/h4-7,9,12-13,15-16,20H,8,10-11,14,17H2,1-3H3,(H2,41,47)/t20-/m1/s1. The van der Waals surface area contributed by atoms with Crippen molar-refractivity contribution in [3.05, 3.63) is 100 Å². The number of anilines is 1. The number of hydrogen-bond acceptors (Lipinski definition) is 6. The Morgan fingerprint density at radius 2 is 1.69 bits per heavy atom. The van der Waals surface area contributed by atoms with Crippen molar-refractivity contribution in [2.45, 2.75) is 64.3 Å². The van der Waals surface area contributed by atoms with Gasteiger partial charge in [0.2, 0.25) is 0 Å². The molecule has 49 heavy (non-hydrogen) atoms. The molecule has 4 aromatic rings. The molecule has 2 aromatic heterocycles. The highest BCUT2D eigenvalue weighted by Crippen LogP contribution is 2.42. The number of benzene rings is 2. The second-order valence-corrected chi connectivity index (χ2v) is 12.6. The largest absolute Gasteiger partial charge is 0.443 e. The first-order valence-corrected chi connectivity index (χ1v) is 15.1. The van der Waals surface area contributed by atoms with Gasteiger partial charge in [0, 0.05) is 43.1 Å². The fourth-order valence-electron chi connectivity index (χ4n) is 5.82. The van der Waals surface area contributed by atoms with E-state index in [1.165, 1.54) is 18.3 Å². The van der Waals surface area contributed by atoms with Crippen LogP contribution in [0.1, 0.15) is 66.1 Å². The van der Waals surface area contributed by atoms with Crippen molar-refractivity contribution in [3.8, 4) is 11.1 Å². The summed E-state index contributed by atoms with van der Waals surface area (Å²) in [5, 5.41) is 3.69. The van der Waals surface area contributed by atoms with Gasteiger partial charge in [-0.25, -0.2) is 18.0 Å². The van der Waals surface area contributed by atoms with Gasteiger partial charge in [-0.05, 0) is 68.7 Å². The van der Waals surface area contributed by atoms with Gasteiger partial charge in [0.05, 0.1) is 23.5 Å². The lowest BCUT2D eigenvalue weighted by Crippen LogP contribution is -2.36. The van der Waals surface area contributed by atoms with Crippen LogP contribution < -0.4 is 10.6 Å². The Morgan fingerprint density at radius 3 is 2.33 bits per heavy atom. The molecule has 0 radical (unpaired) electrons. The van der Waals surface area contributed by atoms with Crippen LogP contribution in [0.15, 0.2) is 54.7 Å². The molecule has 15 heteroatoms. The predicted octanol–water partition coefficient (Wildman–Crippen LogP) is 6.76. The maximum Gasteiger partial charge on any atom is 0.437 e. The fourth-order valence-corrected chi connectivity index (χ4v) is 5.82. The van der Waals surface area contributed by atoms with Crippen molar-refractivity contribution >= 4 is 23.5 Å². The number of aromatic nitrogens is 3. The van der Waals surface area contributed by atoms with Gasteiger partial charge in [-0.1, -0.05) is 12.1 Å². The number of fused-ring (bicyclic) bond motifs is 1. The summed E-state index contributed by atoms with van der Waals surface area (Å²) in [6.45, 7) is 3.96. The molecule has 2 N–H and O–H groups in total. The minimum atomic E-state index is -4.96. The number of ketones is 1. The second-order valence-electron chi connectivity index (χ2n) is 12.6. The number of amides is 2. The first kappa shape index (κ1) is 35.1. The highest BCUT2D eigenvalue weighted by molar-refractivity contribution is 5.94. The average molecular weight is 688 g/mol. The number of carbonyl (C=O) groups is 3. The highest BCUT2D eigenvalue weighted by Gasteiger charge is 2.45. The topological polar surface area (TPSA) is 120 Å². The highest BCUT2D eigenvalue weighted by atomic mass is 19.4. The van der Waals surface area contributed by atoms with E-state index in [1.807, 2.05) is 0 Å². The van der Waals surface area contributed by atoms with E-state index < -0.39 is 76.4 Å². The average Bonchev–Trinajstić information content (AvgIpc) is 3.57. The van der Waals surface area contributed by atoms with E-state index in [0.29, 0.717) is 17.2 Å². The molecular formula is C34H31F6N5O4. The van der Waals surface area contributed by atoms with Gasteiger partial charge >= 0.3 is 12.3 Å². The Balaban J connectivity index is 1.52. The molecule has 1 atom stereocenters. The van der Waals surface area contributed by atoms with Crippen LogP contribution >= 0.6 is 0 Å². The zero-order valence-corrected chi connectivity index (χ0v) is 26.6. The van der Waals surface area contributed by atoms with Crippen molar-refractivity contribution < 1.29 is 45.5 Å². The molecule has 3 heterocycles. The van der Waals surface area contributed by atoms with Crippen molar-refractivity contribution in [1.82, 2.24) is 14.8 Å². The van der Waals surface area contributed by atoms with Crippen molar-refractivity contribution in [3.63, 3.8) is 0 Å². The Labute approximate surface area is 276 Å². The molecule has 1 aliphatic rings. The van der Waals surface area contributed by atoms with Crippen molar-refractivity contribution in [1.29, 1.82) is 0 Å². The predicted molar refractivity (Wildman–Crippen MR) is 165 cm³/mol.